The highest BCUT2D eigenvalue weighted by Crippen LogP contribution is 2.43. The summed E-state index contributed by atoms with van der Waals surface area (Å²) < 4.78 is 23.3. The van der Waals surface area contributed by atoms with Gasteiger partial charge < -0.3 is 23.7 Å². The van der Waals surface area contributed by atoms with E-state index in [0.29, 0.717) is 36.1 Å². The maximum absolute atomic E-state index is 12.3. The van der Waals surface area contributed by atoms with E-state index in [1.54, 1.807) is 6.92 Å². The number of esters is 1. The molecule has 1 aliphatic heterocycles. The van der Waals surface area contributed by atoms with Crippen molar-refractivity contribution in [1.29, 1.82) is 0 Å². The Balaban J connectivity index is 2.84. The van der Waals surface area contributed by atoms with E-state index in [9.17, 15) is 9.90 Å². The molecule has 1 heterocycles. The van der Waals surface area contributed by atoms with Gasteiger partial charge in [-0.05, 0) is 55.7 Å². The average Bonchev–Trinajstić information content (AvgIpc) is 2.67. The normalized spacial score (nSPS) is 20.3. The predicted octanol–water partition coefficient (Wildman–Crippen LogP) is 4.79. The zero-order valence-corrected chi connectivity index (χ0v) is 20.6. The van der Waals surface area contributed by atoms with E-state index in [1.807, 2.05) is 0 Å². The fraction of sp³-hybridized carbons (Fsp3) is 0.955. The van der Waals surface area contributed by atoms with Crippen molar-refractivity contribution < 1.29 is 28.5 Å². The highest BCUT2D eigenvalue weighted by atomic mass is 28.4. The maximum atomic E-state index is 12.3. The summed E-state index contributed by atoms with van der Waals surface area (Å²) in [5.74, 6) is -0.604. The zero-order valence-electron chi connectivity index (χ0n) is 19.6. The number of rotatable bonds is 13. The number of aliphatic hydroxyl groups excluding tert-OH is 1. The van der Waals surface area contributed by atoms with Crippen LogP contribution < -0.4 is 0 Å². The molecule has 0 radical (unpaired) electrons. The summed E-state index contributed by atoms with van der Waals surface area (Å²) in [5.41, 5.74) is 1.10. The summed E-state index contributed by atoms with van der Waals surface area (Å²) >= 11 is 0. The first-order valence-electron chi connectivity index (χ1n) is 11.4. The number of carbonyl (C=O) groups excluding carboxylic acids is 1. The van der Waals surface area contributed by atoms with Crippen molar-refractivity contribution in [3.63, 3.8) is 0 Å². The zero-order chi connectivity index (χ0) is 22.0. The molecule has 1 N–H and O–H groups in total. The summed E-state index contributed by atoms with van der Waals surface area (Å²) in [7, 11) is -2.25. The molecule has 0 amide bonds. The second-order valence-electron chi connectivity index (χ2n) is 8.98. The van der Waals surface area contributed by atoms with Gasteiger partial charge in [-0.15, -0.1) is 0 Å². The van der Waals surface area contributed by atoms with Crippen molar-refractivity contribution >= 4 is 14.3 Å². The molecule has 0 bridgehead atoms. The van der Waals surface area contributed by atoms with Crippen molar-refractivity contribution in [3.8, 4) is 0 Å². The van der Waals surface area contributed by atoms with E-state index >= 15 is 0 Å². The van der Waals surface area contributed by atoms with Gasteiger partial charge in [0.1, 0.15) is 0 Å². The molecule has 6 nitrogen and oxygen atoms in total. The van der Waals surface area contributed by atoms with Crippen molar-refractivity contribution in [2.75, 3.05) is 19.8 Å². The molecular formula is C22H44O6Si. The van der Waals surface area contributed by atoms with Crippen molar-refractivity contribution in [1.82, 2.24) is 0 Å². The van der Waals surface area contributed by atoms with Gasteiger partial charge >= 0.3 is 5.97 Å². The van der Waals surface area contributed by atoms with Crippen LogP contribution in [0.4, 0.5) is 0 Å². The van der Waals surface area contributed by atoms with Crippen molar-refractivity contribution in [3.05, 3.63) is 0 Å². The molecular weight excluding hydrogens is 388 g/mol. The fourth-order valence-electron chi connectivity index (χ4n) is 4.67. The van der Waals surface area contributed by atoms with Gasteiger partial charge in [0.25, 0.3) is 0 Å². The first kappa shape index (κ1) is 26.6. The predicted molar refractivity (Wildman–Crippen MR) is 117 cm³/mol. The highest BCUT2D eigenvalue weighted by molar-refractivity contribution is 6.77. The molecule has 172 valence electrons. The second-order valence-corrected chi connectivity index (χ2v) is 14.4. The van der Waals surface area contributed by atoms with Crippen LogP contribution in [0.1, 0.15) is 80.6 Å². The Morgan fingerprint density at radius 1 is 1.10 bits per heavy atom. The minimum atomic E-state index is -2.25. The van der Waals surface area contributed by atoms with Gasteiger partial charge in [-0.25, -0.2) is 4.79 Å². The minimum Gasteiger partial charge on any atom is -0.464 e. The van der Waals surface area contributed by atoms with E-state index < -0.39 is 26.5 Å². The lowest BCUT2D eigenvalue weighted by Crippen LogP contribution is -2.53. The SMILES string of the molecule is CCOC(=O)[C@@H](O)[C@@H](CCCOC1CCCCO1)O[Si](C(C)C)(C(C)C)C(C)C. The molecule has 0 aliphatic carbocycles. The first-order chi connectivity index (χ1) is 13.7. The van der Waals surface area contributed by atoms with Gasteiger partial charge in [0.05, 0.1) is 12.7 Å². The lowest BCUT2D eigenvalue weighted by molar-refractivity contribution is -0.166. The second kappa shape index (κ2) is 13.0. The molecule has 3 atom stereocenters. The first-order valence-corrected chi connectivity index (χ1v) is 13.6. The summed E-state index contributed by atoms with van der Waals surface area (Å²) in [6.45, 7) is 16.5. The average molecular weight is 433 g/mol. The summed E-state index contributed by atoms with van der Waals surface area (Å²) in [6, 6.07) is 0. The van der Waals surface area contributed by atoms with Crippen LogP contribution >= 0.6 is 0 Å². The third-order valence-corrected chi connectivity index (χ3v) is 12.1. The van der Waals surface area contributed by atoms with Gasteiger partial charge in [-0.3, -0.25) is 0 Å². The Labute approximate surface area is 178 Å². The van der Waals surface area contributed by atoms with Gasteiger partial charge in [-0.1, -0.05) is 41.5 Å². The molecule has 0 aromatic heterocycles. The minimum absolute atomic E-state index is 0.131. The van der Waals surface area contributed by atoms with Crippen LogP contribution in [-0.2, 0) is 23.4 Å². The summed E-state index contributed by atoms with van der Waals surface area (Å²) in [6.07, 6.45) is 2.40. The Kier molecular flexibility index (Phi) is 12.0. The number of carbonyl (C=O) groups is 1. The van der Waals surface area contributed by atoms with Crippen molar-refractivity contribution in [2.45, 2.75) is 116 Å². The largest absolute Gasteiger partial charge is 0.464 e. The van der Waals surface area contributed by atoms with Crippen LogP contribution in [0.2, 0.25) is 16.6 Å². The van der Waals surface area contributed by atoms with E-state index in [0.717, 1.165) is 25.9 Å². The van der Waals surface area contributed by atoms with Crippen molar-refractivity contribution in [2.24, 2.45) is 0 Å². The molecule has 7 heteroatoms. The van der Waals surface area contributed by atoms with E-state index in [-0.39, 0.29) is 12.9 Å². The van der Waals surface area contributed by atoms with E-state index in [2.05, 4.69) is 41.5 Å². The maximum Gasteiger partial charge on any atom is 0.337 e. The third-order valence-electron chi connectivity index (χ3n) is 6.02. The topological polar surface area (TPSA) is 74.2 Å². The molecule has 0 aromatic rings. The Morgan fingerprint density at radius 3 is 2.21 bits per heavy atom. The van der Waals surface area contributed by atoms with Crippen LogP contribution in [0.15, 0.2) is 0 Å². The van der Waals surface area contributed by atoms with Gasteiger partial charge in [0.2, 0.25) is 8.32 Å². The van der Waals surface area contributed by atoms with Crippen LogP contribution in [0, 0.1) is 0 Å². The summed E-state index contributed by atoms with van der Waals surface area (Å²) in [4.78, 5) is 12.3. The van der Waals surface area contributed by atoms with Gasteiger partial charge in [0.15, 0.2) is 12.4 Å². The lowest BCUT2D eigenvalue weighted by atomic mass is 10.1. The molecule has 29 heavy (non-hydrogen) atoms. The Bertz CT molecular complexity index is 440. The molecule has 1 aliphatic rings. The molecule has 0 saturated carbocycles. The third kappa shape index (κ3) is 7.62. The van der Waals surface area contributed by atoms with Crippen LogP contribution in [-0.4, -0.2) is 57.7 Å². The van der Waals surface area contributed by atoms with Gasteiger partial charge in [0, 0.05) is 13.2 Å². The van der Waals surface area contributed by atoms with Crippen LogP contribution in [0.25, 0.3) is 0 Å². The lowest BCUT2D eigenvalue weighted by Gasteiger charge is -2.45. The number of hydrogen-bond donors (Lipinski definition) is 1. The number of aliphatic hydroxyl groups is 1. The Hall–Kier alpha value is -0.473. The molecule has 1 fully saturated rings. The van der Waals surface area contributed by atoms with Gasteiger partial charge in [-0.2, -0.15) is 0 Å². The van der Waals surface area contributed by atoms with E-state index in [4.69, 9.17) is 18.6 Å². The monoisotopic (exact) mass is 432 g/mol. The Morgan fingerprint density at radius 2 is 1.72 bits per heavy atom. The van der Waals surface area contributed by atoms with Crippen LogP contribution in [0.3, 0.4) is 0 Å². The highest BCUT2D eigenvalue weighted by Gasteiger charge is 2.48. The van der Waals surface area contributed by atoms with Crippen LogP contribution in [0.5, 0.6) is 0 Å². The quantitative estimate of drug-likeness (QED) is 0.256. The standard InChI is InChI=1S/C22H44O6Si/c1-8-25-22(24)21(23)19(12-11-15-27-20-13-9-10-14-26-20)28-29(16(2)3,17(4)5)18(6)7/h16-21,23H,8-15H2,1-7H3/t19-,20?,21+/m1/s1. The molecule has 1 saturated heterocycles. The van der Waals surface area contributed by atoms with E-state index in [1.165, 1.54) is 0 Å². The number of hydrogen-bond acceptors (Lipinski definition) is 6. The summed E-state index contributed by atoms with van der Waals surface area (Å²) in [5, 5.41) is 10.7. The molecule has 0 spiro atoms. The molecule has 0 aromatic carbocycles. The smallest absolute Gasteiger partial charge is 0.337 e. The molecule has 1 unspecified atom stereocenters. The fourth-order valence-corrected chi connectivity index (χ4v) is 10.3. The molecule has 1 rings (SSSR count). The number of ether oxygens (including phenoxy) is 3.